The van der Waals surface area contributed by atoms with Gasteiger partial charge in [-0.15, -0.1) is 0 Å². The van der Waals surface area contributed by atoms with E-state index in [0.717, 1.165) is 25.9 Å². The number of hydrogen-bond acceptors (Lipinski definition) is 5. The third kappa shape index (κ3) is 3.78. The SMILES string of the molecule is COCC(=O)N1CCC(Nc2ccn(C)n2)(C(=O)N2CCCC2)CC1. The number of rotatable bonds is 5. The minimum Gasteiger partial charge on any atom is -0.375 e. The molecule has 3 rings (SSSR count). The second-order valence-corrected chi connectivity index (χ2v) is 6.89. The van der Waals surface area contributed by atoms with Crippen LogP contribution < -0.4 is 5.32 Å². The molecule has 1 aromatic rings. The molecule has 0 saturated carbocycles. The molecule has 2 saturated heterocycles. The molecular weight excluding hydrogens is 322 g/mol. The number of carbonyl (C=O) groups excluding carboxylic acids is 2. The zero-order valence-electron chi connectivity index (χ0n) is 15.0. The van der Waals surface area contributed by atoms with Gasteiger partial charge in [0.05, 0.1) is 0 Å². The smallest absolute Gasteiger partial charge is 0.248 e. The number of amides is 2. The van der Waals surface area contributed by atoms with Gasteiger partial charge in [0.1, 0.15) is 18.0 Å². The fourth-order valence-corrected chi connectivity index (χ4v) is 3.69. The van der Waals surface area contributed by atoms with Crippen molar-refractivity contribution in [3.05, 3.63) is 12.3 Å². The van der Waals surface area contributed by atoms with Gasteiger partial charge in [-0.3, -0.25) is 14.3 Å². The van der Waals surface area contributed by atoms with Crippen LogP contribution in [0, 0.1) is 0 Å². The molecule has 0 radical (unpaired) electrons. The highest BCUT2D eigenvalue weighted by Crippen LogP contribution is 2.30. The number of nitrogens with zero attached hydrogens (tertiary/aromatic N) is 4. The fourth-order valence-electron chi connectivity index (χ4n) is 3.69. The van der Waals surface area contributed by atoms with Gasteiger partial charge in [-0.25, -0.2) is 0 Å². The van der Waals surface area contributed by atoms with Crippen molar-refractivity contribution in [3.8, 4) is 0 Å². The molecule has 0 aliphatic carbocycles. The van der Waals surface area contributed by atoms with E-state index in [9.17, 15) is 9.59 Å². The molecule has 0 atom stereocenters. The Labute approximate surface area is 148 Å². The van der Waals surface area contributed by atoms with Crippen LogP contribution in [0.1, 0.15) is 25.7 Å². The molecule has 0 spiro atoms. The van der Waals surface area contributed by atoms with Crippen LogP contribution in [0.25, 0.3) is 0 Å². The lowest BCUT2D eigenvalue weighted by molar-refractivity contribution is -0.142. The van der Waals surface area contributed by atoms with Crippen LogP contribution in [0.3, 0.4) is 0 Å². The maximum atomic E-state index is 13.2. The van der Waals surface area contributed by atoms with E-state index in [4.69, 9.17) is 4.74 Å². The molecule has 2 aliphatic rings. The third-order valence-electron chi connectivity index (χ3n) is 5.12. The normalized spacial score (nSPS) is 19.9. The van der Waals surface area contributed by atoms with E-state index in [1.807, 2.05) is 24.2 Å². The Kier molecular flexibility index (Phi) is 5.27. The van der Waals surface area contributed by atoms with Crippen molar-refractivity contribution >= 4 is 17.6 Å². The number of likely N-dealkylation sites (tertiary alicyclic amines) is 2. The van der Waals surface area contributed by atoms with E-state index in [0.29, 0.717) is 31.7 Å². The molecule has 25 heavy (non-hydrogen) atoms. The molecule has 2 fully saturated rings. The number of aryl methyl sites for hydroxylation is 1. The van der Waals surface area contributed by atoms with Gasteiger partial charge in [-0.2, -0.15) is 5.10 Å². The Morgan fingerprint density at radius 2 is 1.88 bits per heavy atom. The van der Waals surface area contributed by atoms with E-state index in [1.165, 1.54) is 7.11 Å². The van der Waals surface area contributed by atoms with Crippen molar-refractivity contribution in [2.75, 3.05) is 45.2 Å². The van der Waals surface area contributed by atoms with Gasteiger partial charge in [0, 0.05) is 52.6 Å². The average molecular weight is 349 g/mol. The number of nitrogens with one attached hydrogen (secondary N) is 1. The van der Waals surface area contributed by atoms with Gasteiger partial charge in [0.2, 0.25) is 11.8 Å². The number of aromatic nitrogens is 2. The van der Waals surface area contributed by atoms with Gasteiger partial charge >= 0.3 is 0 Å². The highest BCUT2D eigenvalue weighted by atomic mass is 16.5. The second-order valence-electron chi connectivity index (χ2n) is 6.89. The summed E-state index contributed by atoms with van der Waals surface area (Å²) in [5, 5.41) is 7.77. The topological polar surface area (TPSA) is 79.7 Å². The van der Waals surface area contributed by atoms with Crippen molar-refractivity contribution in [3.63, 3.8) is 0 Å². The predicted octanol–water partition coefficient (Wildman–Crippen LogP) is 0.462. The number of ether oxygens (including phenoxy) is 1. The molecule has 0 unspecified atom stereocenters. The predicted molar refractivity (Wildman–Crippen MR) is 93.1 cm³/mol. The number of piperidine rings is 1. The first-order valence-electron chi connectivity index (χ1n) is 8.88. The molecule has 1 N–H and O–H groups in total. The summed E-state index contributed by atoms with van der Waals surface area (Å²) < 4.78 is 6.66. The second kappa shape index (κ2) is 7.43. The quantitative estimate of drug-likeness (QED) is 0.835. The summed E-state index contributed by atoms with van der Waals surface area (Å²) in [6.45, 7) is 2.80. The zero-order valence-corrected chi connectivity index (χ0v) is 15.0. The van der Waals surface area contributed by atoms with Gasteiger partial charge in [-0.05, 0) is 25.7 Å². The molecule has 0 aromatic carbocycles. The van der Waals surface area contributed by atoms with Gasteiger partial charge in [0.15, 0.2) is 0 Å². The third-order valence-corrected chi connectivity index (χ3v) is 5.12. The van der Waals surface area contributed by atoms with Gasteiger partial charge < -0.3 is 19.9 Å². The van der Waals surface area contributed by atoms with Crippen LogP contribution in [0.15, 0.2) is 12.3 Å². The lowest BCUT2D eigenvalue weighted by Crippen LogP contribution is -2.59. The van der Waals surface area contributed by atoms with Crippen LogP contribution >= 0.6 is 0 Å². The van der Waals surface area contributed by atoms with E-state index in [2.05, 4.69) is 10.4 Å². The van der Waals surface area contributed by atoms with Crippen molar-refractivity contribution in [1.29, 1.82) is 0 Å². The highest BCUT2D eigenvalue weighted by Gasteiger charge is 2.45. The fraction of sp³-hybridized carbons (Fsp3) is 0.706. The standard InChI is InChI=1S/C17H27N5O3/c1-20-10-5-14(19-20)18-17(16(24)22-8-3-4-9-22)6-11-21(12-7-17)15(23)13-25-2/h5,10H,3-4,6-9,11-13H2,1-2H3,(H,18,19). The molecule has 0 bridgehead atoms. The molecular formula is C17H27N5O3. The molecule has 2 amide bonds. The average Bonchev–Trinajstić information content (AvgIpc) is 3.27. The first-order chi connectivity index (χ1) is 12.0. The van der Waals surface area contributed by atoms with Crippen molar-refractivity contribution < 1.29 is 14.3 Å². The number of anilines is 1. The van der Waals surface area contributed by atoms with Crippen molar-refractivity contribution in [2.24, 2.45) is 7.05 Å². The van der Waals surface area contributed by atoms with E-state index < -0.39 is 5.54 Å². The summed E-state index contributed by atoms with van der Waals surface area (Å²) in [4.78, 5) is 29.0. The van der Waals surface area contributed by atoms with Gasteiger partial charge in [0.25, 0.3) is 0 Å². The summed E-state index contributed by atoms with van der Waals surface area (Å²) in [6, 6.07) is 1.88. The Morgan fingerprint density at radius 1 is 1.20 bits per heavy atom. The summed E-state index contributed by atoms with van der Waals surface area (Å²) in [5.74, 6) is 0.809. The number of methoxy groups -OCH3 is 1. The summed E-state index contributed by atoms with van der Waals surface area (Å²) in [7, 11) is 3.37. The van der Waals surface area contributed by atoms with Crippen LogP contribution in [0.2, 0.25) is 0 Å². The summed E-state index contributed by atoms with van der Waals surface area (Å²) in [5.41, 5.74) is -0.692. The van der Waals surface area contributed by atoms with E-state index >= 15 is 0 Å². The zero-order chi connectivity index (χ0) is 17.9. The molecule has 1 aromatic heterocycles. The van der Waals surface area contributed by atoms with Crippen LogP contribution in [0.5, 0.6) is 0 Å². The first-order valence-corrected chi connectivity index (χ1v) is 8.88. The molecule has 3 heterocycles. The maximum absolute atomic E-state index is 13.2. The maximum Gasteiger partial charge on any atom is 0.248 e. The Hall–Kier alpha value is -2.09. The monoisotopic (exact) mass is 349 g/mol. The molecule has 8 nitrogen and oxygen atoms in total. The van der Waals surface area contributed by atoms with Crippen LogP contribution in [-0.2, 0) is 21.4 Å². The molecule has 2 aliphatic heterocycles. The Morgan fingerprint density at radius 3 is 2.44 bits per heavy atom. The minimum atomic E-state index is -0.692. The molecule has 8 heteroatoms. The van der Waals surface area contributed by atoms with E-state index in [1.54, 1.807) is 9.58 Å². The molecule has 138 valence electrons. The lowest BCUT2D eigenvalue weighted by atomic mass is 9.85. The number of hydrogen-bond donors (Lipinski definition) is 1. The Bertz CT molecular complexity index is 616. The van der Waals surface area contributed by atoms with Crippen molar-refractivity contribution in [2.45, 2.75) is 31.2 Å². The van der Waals surface area contributed by atoms with Gasteiger partial charge in [-0.1, -0.05) is 0 Å². The lowest BCUT2D eigenvalue weighted by Gasteiger charge is -2.43. The number of carbonyl (C=O) groups is 2. The van der Waals surface area contributed by atoms with Crippen LogP contribution in [0.4, 0.5) is 5.82 Å². The van der Waals surface area contributed by atoms with E-state index in [-0.39, 0.29) is 18.4 Å². The van der Waals surface area contributed by atoms with Crippen molar-refractivity contribution in [1.82, 2.24) is 19.6 Å². The first kappa shape index (κ1) is 17.7. The summed E-state index contributed by atoms with van der Waals surface area (Å²) >= 11 is 0. The minimum absolute atomic E-state index is 0.0254. The Balaban J connectivity index is 1.76. The van der Waals surface area contributed by atoms with Crippen LogP contribution in [-0.4, -0.2) is 76.8 Å². The summed E-state index contributed by atoms with van der Waals surface area (Å²) in [6.07, 6.45) is 5.13. The largest absolute Gasteiger partial charge is 0.375 e. The highest BCUT2D eigenvalue weighted by molar-refractivity contribution is 5.90.